The molecule has 0 bridgehead atoms. The molecule has 0 aromatic heterocycles. The van der Waals surface area contributed by atoms with Crippen molar-refractivity contribution in [2.45, 2.75) is 85.1 Å². The van der Waals surface area contributed by atoms with Gasteiger partial charge in [0.2, 0.25) is 0 Å². The third-order valence-corrected chi connectivity index (χ3v) is 4.78. The summed E-state index contributed by atoms with van der Waals surface area (Å²) in [5, 5.41) is 3.49. The molecule has 0 spiro atoms. The highest BCUT2D eigenvalue weighted by Crippen LogP contribution is 2.34. The molecule has 0 aromatic carbocycles. The summed E-state index contributed by atoms with van der Waals surface area (Å²) in [7, 11) is 0. The van der Waals surface area contributed by atoms with Crippen LogP contribution in [0.3, 0.4) is 0 Å². The molecule has 0 radical (unpaired) electrons. The van der Waals surface area contributed by atoms with Crippen molar-refractivity contribution in [3.63, 3.8) is 0 Å². The molecule has 0 aromatic rings. The minimum absolute atomic E-state index is 0.0118. The van der Waals surface area contributed by atoms with Crippen molar-refractivity contribution in [3.8, 4) is 0 Å². The second-order valence-electron chi connectivity index (χ2n) is 7.50. The first-order chi connectivity index (χ1) is 10.2. The van der Waals surface area contributed by atoms with E-state index in [-0.39, 0.29) is 11.0 Å². The second-order valence-corrected chi connectivity index (χ2v) is 7.50. The predicted octanol–water partition coefficient (Wildman–Crippen LogP) is 6.43. The Morgan fingerprint density at radius 3 is 2.18 bits per heavy atom. The van der Waals surface area contributed by atoms with Crippen molar-refractivity contribution in [2.24, 2.45) is 5.41 Å². The van der Waals surface area contributed by atoms with Crippen molar-refractivity contribution < 1.29 is 0 Å². The average Bonchev–Trinajstić information content (AvgIpc) is 2.44. The van der Waals surface area contributed by atoms with E-state index in [1.807, 2.05) is 0 Å². The van der Waals surface area contributed by atoms with E-state index in [0.29, 0.717) is 0 Å². The van der Waals surface area contributed by atoms with E-state index >= 15 is 0 Å². The maximum atomic E-state index is 4.31. The summed E-state index contributed by atoms with van der Waals surface area (Å²) in [6.45, 7) is 24.7. The van der Waals surface area contributed by atoms with Crippen LogP contribution in [0.5, 0.6) is 0 Å². The summed E-state index contributed by atoms with van der Waals surface area (Å²) in [5.74, 6) is 0. The fraction of sp³-hybridized carbons (Fsp3) is 0.714. The minimum atomic E-state index is 0.0118. The van der Waals surface area contributed by atoms with E-state index in [4.69, 9.17) is 0 Å². The van der Waals surface area contributed by atoms with Crippen molar-refractivity contribution in [2.75, 3.05) is 6.54 Å². The van der Waals surface area contributed by atoms with Gasteiger partial charge in [-0.15, -0.1) is 6.58 Å². The molecule has 1 N–H and O–H groups in total. The molecule has 1 unspecified atom stereocenters. The van der Waals surface area contributed by atoms with Crippen LogP contribution in [-0.2, 0) is 0 Å². The van der Waals surface area contributed by atoms with E-state index < -0.39 is 0 Å². The van der Waals surface area contributed by atoms with Gasteiger partial charge in [-0.1, -0.05) is 70.4 Å². The van der Waals surface area contributed by atoms with Crippen LogP contribution in [-0.4, -0.2) is 12.1 Å². The molecule has 0 rings (SSSR count). The van der Waals surface area contributed by atoms with Gasteiger partial charge in [-0.25, -0.2) is 0 Å². The number of hydrogen-bond acceptors (Lipinski definition) is 1. The number of allylic oxidation sites excluding steroid dienone is 2. The van der Waals surface area contributed by atoms with Crippen LogP contribution < -0.4 is 5.32 Å². The molecule has 0 aliphatic heterocycles. The summed E-state index contributed by atoms with van der Waals surface area (Å²) >= 11 is 0. The smallest absolute Gasteiger partial charge is 0.0334 e. The van der Waals surface area contributed by atoms with Crippen LogP contribution in [0.2, 0.25) is 0 Å². The van der Waals surface area contributed by atoms with Gasteiger partial charge in [0.1, 0.15) is 0 Å². The molecule has 0 saturated carbocycles. The monoisotopic (exact) mass is 305 g/mol. The summed E-state index contributed by atoms with van der Waals surface area (Å²) in [4.78, 5) is 0. The van der Waals surface area contributed by atoms with Crippen LogP contribution in [0.15, 0.2) is 37.0 Å². The molecule has 22 heavy (non-hydrogen) atoms. The number of rotatable bonds is 13. The van der Waals surface area contributed by atoms with Crippen molar-refractivity contribution >= 4 is 0 Å². The SMILES string of the molecule is C=CC(C)(CCCCC)CC(=C)CCC(=C)C(C)(C)NCC. The first kappa shape index (κ1) is 21.2. The molecule has 1 heteroatoms. The van der Waals surface area contributed by atoms with Crippen molar-refractivity contribution in [1.29, 1.82) is 0 Å². The van der Waals surface area contributed by atoms with Crippen molar-refractivity contribution in [1.82, 2.24) is 5.32 Å². The Bertz CT molecular complexity index is 364. The molecule has 0 saturated heterocycles. The van der Waals surface area contributed by atoms with Gasteiger partial charge in [-0.2, -0.15) is 0 Å². The maximum Gasteiger partial charge on any atom is 0.0334 e. The standard InChI is InChI=1S/C21H39N/c1-9-12-13-16-21(8,10-2)17-18(4)14-15-19(5)20(6,7)22-11-3/h10,22H,2,4-5,9,11-17H2,1,3,6-8H3. The first-order valence-corrected chi connectivity index (χ1v) is 8.94. The molecule has 1 nitrogen and oxygen atoms in total. The Kier molecular flexibility index (Phi) is 9.67. The summed E-state index contributed by atoms with van der Waals surface area (Å²) in [5.41, 5.74) is 2.80. The lowest BCUT2D eigenvalue weighted by Crippen LogP contribution is -2.40. The van der Waals surface area contributed by atoms with E-state index in [0.717, 1.165) is 25.8 Å². The van der Waals surface area contributed by atoms with E-state index in [2.05, 4.69) is 65.7 Å². The molecule has 128 valence electrons. The number of nitrogens with one attached hydrogen (secondary N) is 1. The molecule has 0 heterocycles. The summed E-state index contributed by atoms with van der Waals surface area (Å²) in [6, 6.07) is 0. The van der Waals surface area contributed by atoms with Crippen LogP contribution in [0.1, 0.15) is 79.6 Å². The quantitative estimate of drug-likeness (QED) is 0.305. The van der Waals surface area contributed by atoms with Gasteiger partial charge < -0.3 is 5.32 Å². The number of hydrogen-bond donors (Lipinski definition) is 1. The highest BCUT2D eigenvalue weighted by Gasteiger charge is 2.23. The zero-order valence-corrected chi connectivity index (χ0v) is 15.9. The van der Waals surface area contributed by atoms with Gasteiger partial charge in [0.25, 0.3) is 0 Å². The Morgan fingerprint density at radius 1 is 1.05 bits per heavy atom. The molecule has 1 atom stereocenters. The molecule has 0 aliphatic rings. The molecule has 0 fully saturated rings. The zero-order valence-electron chi connectivity index (χ0n) is 15.9. The fourth-order valence-electron chi connectivity index (χ4n) is 2.91. The van der Waals surface area contributed by atoms with E-state index in [9.17, 15) is 0 Å². The second kappa shape index (κ2) is 10.0. The largest absolute Gasteiger partial charge is 0.308 e. The minimum Gasteiger partial charge on any atom is -0.308 e. The topological polar surface area (TPSA) is 12.0 Å². The Hall–Kier alpha value is -0.820. The fourth-order valence-corrected chi connectivity index (χ4v) is 2.91. The number of unbranched alkanes of at least 4 members (excludes halogenated alkanes) is 2. The predicted molar refractivity (Wildman–Crippen MR) is 102 cm³/mol. The molecule has 0 amide bonds. The molecular formula is C21H39N. The lowest BCUT2D eigenvalue weighted by Gasteiger charge is -2.30. The first-order valence-electron chi connectivity index (χ1n) is 8.94. The van der Waals surface area contributed by atoms with Gasteiger partial charge in [0, 0.05) is 5.54 Å². The van der Waals surface area contributed by atoms with Gasteiger partial charge in [-0.3, -0.25) is 0 Å². The number of likely N-dealkylation sites (N-methyl/N-ethyl adjacent to an activating group) is 1. The van der Waals surface area contributed by atoms with Gasteiger partial charge in [0.15, 0.2) is 0 Å². The van der Waals surface area contributed by atoms with Crippen molar-refractivity contribution in [3.05, 3.63) is 37.0 Å². The summed E-state index contributed by atoms with van der Waals surface area (Å²) < 4.78 is 0. The highest BCUT2D eigenvalue weighted by atomic mass is 14.9. The molecular weight excluding hydrogens is 266 g/mol. The van der Waals surface area contributed by atoms with Crippen LogP contribution >= 0.6 is 0 Å². The van der Waals surface area contributed by atoms with Gasteiger partial charge in [-0.05, 0) is 51.5 Å². The highest BCUT2D eigenvalue weighted by molar-refractivity contribution is 5.16. The van der Waals surface area contributed by atoms with Crippen LogP contribution in [0, 0.1) is 5.41 Å². The Morgan fingerprint density at radius 2 is 1.68 bits per heavy atom. The average molecular weight is 306 g/mol. The Labute approximate surface area is 140 Å². The third kappa shape index (κ3) is 7.98. The van der Waals surface area contributed by atoms with Gasteiger partial charge >= 0.3 is 0 Å². The van der Waals surface area contributed by atoms with E-state index in [1.54, 1.807) is 0 Å². The van der Waals surface area contributed by atoms with Crippen LogP contribution in [0.4, 0.5) is 0 Å². The summed E-state index contributed by atoms with van der Waals surface area (Å²) in [6.07, 6.45) is 10.3. The third-order valence-electron chi connectivity index (χ3n) is 4.78. The Balaban J connectivity index is 4.36. The van der Waals surface area contributed by atoms with Crippen LogP contribution in [0.25, 0.3) is 0 Å². The zero-order chi connectivity index (χ0) is 17.2. The lowest BCUT2D eigenvalue weighted by molar-refractivity contribution is 0.365. The van der Waals surface area contributed by atoms with E-state index in [1.165, 1.54) is 36.8 Å². The maximum absolute atomic E-state index is 4.31. The normalized spacial score (nSPS) is 14.4. The lowest BCUT2D eigenvalue weighted by atomic mass is 9.78. The van der Waals surface area contributed by atoms with Gasteiger partial charge in [0.05, 0.1) is 0 Å². The molecule has 0 aliphatic carbocycles.